The Morgan fingerprint density at radius 2 is 2.35 bits per heavy atom. The van der Waals surface area contributed by atoms with Crippen LogP contribution >= 0.6 is 11.3 Å². The van der Waals surface area contributed by atoms with Gasteiger partial charge in [-0.05, 0) is 12.1 Å². The zero-order valence-electron chi connectivity index (χ0n) is 9.11. The summed E-state index contributed by atoms with van der Waals surface area (Å²) >= 11 is 1.62. The molecule has 0 amide bonds. The Morgan fingerprint density at radius 3 is 3.12 bits per heavy atom. The maximum atomic E-state index is 5.36. The summed E-state index contributed by atoms with van der Waals surface area (Å²) in [6.45, 7) is 0.861. The minimum Gasteiger partial charge on any atom is -0.461 e. The number of hydrogen-bond donors (Lipinski definition) is 0. The van der Waals surface area contributed by atoms with Gasteiger partial charge in [0.25, 0.3) is 0 Å². The van der Waals surface area contributed by atoms with Crippen molar-refractivity contribution in [2.45, 2.75) is 13.0 Å². The molecule has 0 unspecified atom stereocenters. The average molecular weight is 245 g/mol. The van der Waals surface area contributed by atoms with Crippen LogP contribution in [0, 0.1) is 0 Å². The normalized spacial score (nSPS) is 10.8. The molecule has 0 aliphatic carbocycles. The van der Waals surface area contributed by atoms with Crippen LogP contribution in [0.3, 0.4) is 0 Å². The van der Waals surface area contributed by atoms with E-state index in [1.807, 2.05) is 23.8 Å². The van der Waals surface area contributed by atoms with E-state index < -0.39 is 0 Å². The molecule has 3 aromatic heterocycles. The molecular weight excluding hydrogens is 234 g/mol. The van der Waals surface area contributed by atoms with Gasteiger partial charge in [-0.3, -0.25) is 0 Å². The summed E-state index contributed by atoms with van der Waals surface area (Å²) in [5, 5.41) is 2.07. The lowest BCUT2D eigenvalue weighted by atomic mass is 10.3. The molecule has 3 rings (SSSR count). The van der Waals surface area contributed by atoms with E-state index in [2.05, 4.69) is 19.9 Å². The largest absolute Gasteiger partial charge is 0.461 e. The predicted molar refractivity (Wildman–Crippen MR) is 65.7 cm³/mol. The van der Waals surface area contributed by atoms with E-state index in [0.717, 1.165) is 30.2 Å². The third kappa shape index (κ3) is 2.14. The van der Waals surface area contributed by atoms with E-state index in [9.17, 15) is 0 Å². The molecule has 86 valence electrons. The molecule has 0 atom stereocenters. The molecule has 3 heterocycles. The first kappa shape index (κ1) is 10.3. The van der Waals surface area contributed by atoms with Gasteiger partial charge in [0.1, 0.15) is 0 Å². The van der Waals surface area contributed by atoms with Gasteiger partial charge in [0, 0.05) is 30.7 Å². The van der Waals surface area contributed by atoms with E-state index in [0.29, 0.717) is 0 Å². The molecule has 0 saturated carbocycles. The fraction of sp³-hybridized carbons (Fsp3) is 0.167. The van der Waals surface area contributed by atoms with Crippen molar-refractivity contribution in [2.24, 2.45) is 0 Å². The van der Waals surface area contributed by atoms with Crippen molar-refractivity contribution < 1.29 is 4.42 Å². The first-order valence-corrected chi connectivity index (χ1v) is 6.30. The topological polar surface area (TPSA) is 43.9 Å². The summed E-state index contributed by atoms with van der Waals surface area (Å²) in [5.74, 6) is 1.67. The van der Waals surface area contributed by atoms with Crippen LogP contribution in [-0.2, 0) is 13.0 Å². The lowest BCUT2D eigenvalue weighted by Crippen LogP contribution is -2.02. The number of nitrogens with zero attached hydrogens (tertiary/aromatic N) is 3. The highest BCUT2D eigenvalue weighted by atomic mass is 32.1. The number of imidazole rings is 1. The minimum absolute atomic E-state index is 0.799. The summed E-state index contributed by atoms with van der Waals surface area (Å²) in [4.78, 5) is 8.58. The van der Waals surface area contributed by atoms with Crippen molar-refractivity contribution >= 4 is 11.3 Å². The molecule has 17 heavy (non-hydrogen) atoms. The van der Waals surface area contributed by atoms with Gasteiger partial charge < -0.3 is 8.98 Å². The van der Waals surface area contributed by atoms with Crippen molar-refractivity contribution in [1.29, 1.82) is 0 Å². The molecule has 0 spiro atoms. The SMILES string of the molecule is c1coc(-c2nccn2CCc2cscn2)c1. The van der Waals surface area contributed by atoms with E-state index in [1.54, 1.807) is 23.8 Å². The zero-order valence-corrected chi connectivity index (χ0v) is 9.93. The Balaban J connectivity index is 1.78. The van der Waals surface area contributed by atoms with Gasteiger partial charge >= 0.3 is 0 Å². The number of rotatable bonds is 4. The highest BCUT2D eigenvalue weighted by Crippen LogP contribution is 2.18. The molecule has 0 saturated heterocycles. The van der Waals surface area contributed by atoms with Crippen LogP contribution in [0.1, 0.15) is 5.69 Å². The Hall–Kier alpha value is -1.88. The Morgan fingerprint density at radius 1 is 1.35 bits per heavy atom. The van der Waals surface area contributed by atoms with Gasteiger partial charge in [-0.15, -0.1) is 11.3 Å². The molecule has 0 N–H and O–H groups in total. The summed E-state index contributed by atoms with van der Waals surface area (Å²) < 4.78 is 7.44. The summed E-state index contributed by atoms with van der Waals surface area (Å²) in [7, 11) is 0. The summed E-state index contributed by atoms with van der Waals surface area (Å²) in [5.41, 5.74) is 2.98. The number of hydrogen-bond acceptors (Lipinski definition) is 4. The van der Waals surface area contributed by atoms with Crippen LogP contribution in [0.4, 0.5) is 0 Å². The molecule has 0 fully saturated rings. The Labute approximate surface area is 103 Å². The molecule has 3 aromatic rings. The number of aromatic nitrogens is 3. The second-order valence-electron chi connectivity index (χ2n) is 3.65. The van der Waals surface area contributed by atoms with Gasteiger partial charge in [0.15, 0.2) is 11.6 Å². The zero-order chi connectivity index (χ0) is 11.5. The fourth-order valence-electron chi connectivity index (χ4n) is 1.72. The highest BCUT2D eigenvalue weighted by Gasteiger charge is 2.08. The molecule has 0 radical (unpaired) electrons. The lowest BCUT2D eigenvalue weighted by Gasteiger charge is -2.04. The third-order valence-corrected chi connectivity index (χ3v) is 3.18. The van der Waals surface area contributed by atoms with Crippen molar-refractivity contribution in [1.82, 2.24) is 14.5 Å². The molecule has 0 bridgehead atoms. The molecule has 4 nitrogen and oxygen atoms in total. The van der Waals surface area contributed by atoms with Crippen LogP contribution in [0.15, 0.2) is 46.1 Å². The van der Waals surface area contributed by atoms with Gasteiger partial charge in [-0.25, -0.2) is 9.97 Å². The summed E-state index contributed by atoms with van der Waals surface area (Å²) in [6.07, 6.45) is 6.32. The second-order valence-corrected chi connectivity index (χ2v) is 4.37. The molecule has 0 aromatic carbocycles. The van der Waals surface area contributed by atoms with Crippen LogP contribution < -0.4 is 0 Å². The Bertz CT molecular complexity index is 569. The van der Waals surface area contributed by atoms with E-state index in [-0.39, 0.29) is 0 Å². The van der Waals surface area contributed by atoms with E-state index in [1.165, 1.54) is 0 Å². The smallest absolute Gasteiger partial charge is 0.176 e. The summed E-state index contributed by atoms with van der Waals surface area (Å²) in [6, 6.07) is 3.79. The van der Waals surface area contributed by atoms with Crippen molar-refractivity contribution in [3.05, 3.63) is 47.4 Å². The Kier molecular flexibility index (Phi) is 2.75. The van der Waals surface area contributed by atoms with Gasteiger partial charge in [0.2, 0.25) is 0 Å². The van der Waals surface area contributed by atoms with E-state index in [4.69, 9.17) is 4.42 Å². The first-order valence-electron chi connectivity index (χ1n) is 5.35. The second kappa shape index (κ2) is 4.55. The molecular formula is C12H11N3OS. The van der Waals surface area contributed by atoms with Crippen LogP contribution in [-0.4, -0.2) is 14.5 Å². The van der Waals surface area contributed by atoms with Gasteiger partial charge in [-0.1, -0.05) is 0 Å². The molecule has 0 aliphatic heterocycles. The van der Waals surface area contributed by atoms with Gasteiger partial charge in [0.05, 0.1) is 17.5 Å². The van der Waals surface area contributed by atoms with Crippen molar-refractivity contribution in [2.75, 3.05) is 0 Å². The average Bonchev–Trinajstić information content (AvgIpc) is 3.09. The van der Waals surface area contributed by atoms with Crippen molar-refractivity contribution in [3.8, 4) is 11.6 Å². The molecule has 0 aliphatic rings. The van der Waals surface area contributed by atoms with Crippen LogP contribution in [0.2, 0.25) is 0 Å². The fourth-order valence-corrected chi connectivity index (χ4v) is 2.31. The minimum atomic E-state index is 0.799. The number of thiazole rings is 1. The van der Waals surface area contributed by atoms with E-state index >= 15 is 0 Å². The number of furan rings is 1. The van der Waals surface area contributed by atoms with Crippen LogP contribution in [0.25, 0.3) is 11.6 Å². The van der Waals surface area contributed by atoms with Crippen LogP contribution in [0.5, 0.6) is 0 Å². The lowest BCUT2D eigenvalue weighted by molar-refractivity contribution is 0.567. The number of aryl methyl sites for hydroxylation is 2. The highest BCUT2D eigenvalue weighted by molar-refractivity contribution is 7.07. The van der Waals surface area contributed by atoms with Gasteiger partial charge in [-0.2, -0.15) is 0 Å². The quantitative estimate of drug-likeness (QED) is 0.710. The van der Waals surface area contributed by atoms with Crippen molar-refractivity contribution in [3.63, 3.8) is 0 Å². The standard InChI is InChI=1S/C12H11N3OS/c1-2-11(16-7-1)12-13-4-6-15(12)5-3-10-8-17-9-14-10/h1-2,4,6-9H,3,5H2. The monoisotopic (exact) mass is 245 g/mol. The maximum Gasteiger partial charge on any atom is 0.176 e. The maximum absolute atomic E-state index is 5.36. The third-order valence-electron chi connectivity index (χ3n) is 2.55. The predicted octanol–water partition coefficient (Wildman–Crippen LogP) is 2.84. The first-order chi connectivity index (χ1) is 8.43. The molecule has 5 heteroatoms.